The summed E-state index contributed by atoms with van der Waals surface area (Å²) in [6, 6.07) is 16.0. The second-order valence-corrected chi connectivity index (χ2v) is 7.43. The van der Waals surface area contributed by atoms with Crippen molar-refractivity contribution in [3.63, 3.8) is 0 Å². The molecule has 0 atom stereocenters. The molecule has 2 aromatic rings. The molecule has 0 aromatic heterocycles. The highest BCUT2D eigenvalue weighted by molar-refractivity contribution is 7.99. The van der Waals surface area contributed by atoms with Crippen molar-refractivity contribution in [2.45, 2.75) is 39.5 Å². The standard InChI is InChI=1S/C21H24N2OS/c1-15(2)23(20-11-16(3)5-6-17(20)4)21(24)14-25-13-19-9-7-18(12-22)8-10-19/h5-11,15H,13-14H2,1-4H3. The van der Waals surface area contributed by atoms with Gasteiger partial charge in [0.15, 0.2) is 0 Å². The number of nitrogens with zero attached hydrogens (tertiary/aromatic N) is 2. The fourth-order valence-electron chi connectivity index (χ4n) is 2.68. The lowest BCUT2D eigenvalue weighted by atomic mass is 10.1. The SMILES string of the molecule is Cc1ccc(C)c(N(C(=O)CSCc2ccc(C#N)cc2)C(C)C)c1. The molecule has 0 spiro atoms. The summed E-state index contributed by atoms with van der Waals surface area (Å²) in [5.41, 5.74) is 5.05. The Bertz CT molecular complexity index is 775. The van der Waals surface area contributed by atoms with E-state index in [1.807, 2.05) is 56.9 Å². The van der Waals surface area contributed by atoms with E-state index in [1.54, 1.807) is 11.8 Å². The number of rotatable bonds is 6. The van der Waals surface area contributed by atoms with Gasteiger partial charge in [-0.25, -0.2) is 0 Å². The van der Waals surface area contributed by atoms with Crippen molar-refractivity contribution in [1.82, 2.24) is 0 Å². The van der Waals surface area contributed by atoms with Crippen LogP contribution in [0.4, 0.5) is 5.69 Å². The number of hydrogen-bond donors (Lipinski definition) is 0. The third-order valence-corrected chi connectivity index (χ3v) is 4.98. The van der Waals surface area contributed by atoms with Crippen LogP contribution in [-0.4, -0.2) is 17.7 Å². The number of carbonyl (C=O) groups is 1. The van der Waals surface area contributed by atoms with Crippen LogP contribution in [0.3, 0.4) is 0 Å². The summed E-state index contributed by atoms with van der Waals surface area (Å²) < 4.78 is 0. The van der Waals surface area contributed by atoms with E-state index in [2.05, 4.69) is 24.3 Å². The van der Waals surface area contributed by atoms with Gasteiger partial charge in [-0.2, -0.15) is 5.26 Å². The highest BCUT2D eigenvalue weighted by Crippen LogP contribution is 2.25. The van der Waals surface area contributed by atoms with Crippen LogP contribution in [0.15, 0.2) is 42.5 Å². The van der Waals surface area contributed by atoms with Crippen LogP contribution in [0.2, 0.25) is 0 Å². The summed E-state index contributed by atoms with van der Waals surface area (Å²) in [5, 5.41) is 8.84. The van der Waals surface area contributed by atoms with Crippen LogP contribution >= 0.6 is 11.8 Å². The van der Waals surface area contributed by atoms with Gasteiger partial charge in [-0.3, -0.25) is 4.79 Å². The van der Waals surface area contributed by atoms with Gasteiger partial charge in [-0.1, -0.05) is 24.3 Å². The normalized spacial score (nSPS) is 10.6. The predicted molar refractivity (Wildman–Crippen MR) is 106 cm³/mol. The lowest BCUT2D eigenvalue weighted by Crippen LogP contribution is -2.38. The van der Waals surface area contributed by atoms with Gasteiger partial charge in [0.1, 0.15) is 0 Å². The number of nitriles is 1. The van der Waals surface area contributed by atoms with Crippen molar-refractivity contribution in [3.8, 4) is 6.07 Å². The van der Waals surface area contributed by atoms with E-state index in [1.165, 1.54) is 0 Å². The van der Waals surface area contributed by atoms with Crippen LogP contribution in [-0.2, 0) is 10.5 Å². The van der Waals surface area contributed by atoms with Crippen LogP contribution < -0.4 is 4.90 Å². The summed E-state index contributed by atoms with van der Waals surface area (Å²) >= 11 is 1.60. The number of anilines is 1. The van der Waals surface area contributed by atoms with E-state index < -0.39 is 0 Å². The summed E-state index contributed by atoms with van der Waals surface area (Å²) in [7, 11) is 0. The first-order valence-corrected chi connectivity index (χ1v) is 9.54. The molecule has 25 heavy (non-hydrogen) atoms. The number of benzene rings is 2. The van der Waals surface area contributed by atoms with Gasteiger partial charge >= 0.3 is 0 Å². The fraction of sp³-hybridized carbons (Fsp3) is 0.333. The Labute approximate surface area is 154 Å². The van der Waals surface area contributed by atoms with E-state index in [9.17, 15) is 4.79 Å². The minimum absolute atomic E-state index is 0.114. The van der Waals surface area contributed by atoms with E-state index in [0.717, 1.165) is 28.1 Å². The lowest BCUT2D eigenvalue weighted by Gasteiger charge is -2.28. The van der Waals surface area contributed by atoms with Crippen molar-refractivity contribution in [2.24, 2.45) is 0 Å². The highest BCUT2D eigenvalue weighted by Gasteiger charge is 2.20. The minimum Gasteiger partial charge on any atom is -0.309 e. The molecule has 0 aliphatic rings. The summed E-state index contributed by atoms with van der Waals surface area (Å²) in [5.74, 6) is 1.32. The monoisotopic (exact) mass is 352 g/mol. The molecule has 1 amide bonds. The Morgan fingerprint density at radius 1 is 1.16 bits per heavy atom. The van der Waals surface area contributed by atoms with Crippen LogP contribution in [0.1, 0.15) is 36.1 Å². The molecule has 0 heterocycles. The average Bonchev–Trinajstić information content (AvgIpc) is 2.58. The topological polar surface area (TPSA) is 44.1 Å². The maximum atomic E-state index is 12.8. The van der Waals surface area contributed by atoms with Gasteiger partial charge in [0.05, 0.1) is 17.4 Å². The molecule has 2 aromatic carbocycles. The molecule has 0 unspecified atom stereocenters. The molecule has 0 N–H and O–H groups in total. The number of thioether (sulfide) groups is 1. The van der Waals surface area contributed by atoms with E-state index in [-0.39, 0.29) is 11.9 Å². The quantitative estimate of drug-likeness (QED) is 0.746. The molecule has 0 aliphatic heterocycles. The third kappa shape index (κ3) is 5.11. The predicted octanol–water partition coefficient (Wildman–Crippen LogP) is 4.85. The molecule has 0 bridgehead atoms. The first-order valence-electron chi connectivity index (χ1n) is 8.38. The highest BCUT2D eigenvalue weighted by atomic mass is 32.2. The molecular formula is C21H24N2OS. The van der Waals surface area contributed by atoms with Crippen molar-refractivity contribution in [2.75, 3.05) is 10.7 Å². The number of hydrogen-bond acceptors (Lipinski definition) is 3. The Hall–Kier alpha value is -2.25. The lowest BCUT2D eigenvalue weighted by molar-refractivity contribution is -0.116. The number of amides is 1. The van der Waals surface area contributed by atoms with Crippen molar-refractivity contribution in [1.29, 1.82) is 5.26 Å². The minimum atomic E-state index is 0.114. The molecular weight excluding hydrogens is 328 g/mol. The summed E-state index contributed by atoms with van der Waals surface area (Å²) in [4.78, 5) is 14.7. The number of aryl methyl sites for hydroxylation is 2. The van der Waals surface area contributed by atoms with Gasteiger partial charge < -0.3 is 4.90 Å². The largest absolute Gasteiger partial charge is 0.309 e. The van der Waals surface area contributed by atoms with E-state index >= 15 is 0 Å². The van der Waals surface area contributed by atoms with Crippen LogP contribution in [0, 0.1) is 25.2 Å². The third-order valence-electron chi connectivity index (χ3n) is 3.99. The Balaban J connectivity index is 2.03. The summed E-state index contributed by atoms with van der Waals surface area (Å²) in [6.07, 6.45) is 0. The first kappa shape index (κ1) is 19.1. The van der Waals surface area contributed by atoms with Gasteiger partial charge in [0.25, 0.3) is 0 Å². The van der Waals surface area contributed by atoms with Crippen LogP contribution in [0.25, 0.3) is 0 Å². The Morgan fingerprint density at radius 3 is 2.44 bits per heavy atom. The molecule has 0 saturated carbocycles. The molecule has 2 rings (SSSR count). The van der Waals surface area contributed by atoms with E-state index in [4.69, 9.17) is 5.26 Å². The molecule has 0 aliphatic carbocycles. The molecule has 130 valence electrons. The van der Waals surface area contributed by atoms with Crippen molar-refractivity contribution < 1.29 is 4.79 Å². The molecule has 4 heteroatoms. The average molecular weight is 353 g/mol. The maximum Gasteiger partial charge on any atom is 0.237 e. The zero-order valence-electron chi connectivity index (χ0n) is 15.2. The maximum absolute atomic E-state index is 12.8. The molecule has 0 radical (unpaired) electrons. The van der Waals surface area contributed by atoms with Gasteiger partial charge in [0, 0.05) is 17.5 Å². The van der Waals surface area contributed by atoms with Gasteiger partial charge in [-0.05, 0) is 62.6 Å². The summed E-state index contributed by atoms with van der Waals surface area (Å²) in [6.45, 7) is 8.18. The van der Waals surface area contributed by atoms with Gasteiger partial charge in [0.2, 0.25) is 5.91 Å². The zero-order valence-corrected chi connectivity index (χ0v) is 16.1. The molecule has 0 saturated heterocycles. The Kier molecular flexibility index (Phi) is 6.66. The smallest absolute Gasteiger partial charge is 0.237 e. The van der Waals surface area contributed by atoms with Crippen LogP contribution in [0.5, 0.6) is 0 Å². The Morgan fingerprint density at radius 2 is 1.84 bits per heavy atom. The van der Waals surface area contributed by atoms with E-state index in [0.29, 0.717) is 11.3 Å². The van der Waals surface area contributed by atoms with Gasteiger partial charge in [-0.15, -0.1) is 11.8 Å². The second kappa shape index (κ2) is 8.73. The molecule has 0 fully saturated rings. The van der Waals surface area contributed by atoms with Crippen molar-refractivity contribution in [3.05, 3.63) is 64.7 Å². The van der Waals surface area contributed by atoms with Crippen molar-refractivity contribution >= 4 is 23.4 Å². The molecule has 3 nitrogen and oxygen atoms in total. The zero-order chi connectivity index (χ0) is 18.4. The second-order valence-electron chi connectivity index (χ2n) is 6.45. The first-order chi connectivity index (χ1) is 11.9. The fourth-order valence-corrected chi connectivity index (χ4v) is 3.52. The number of carbonyl (C=O) groups excluding carboxylic acids is 1.